The van der Waals surface area contributed by atoms with E-state index in [0.29, 0.717) is 5.13 Å². The Kier molecular flexibility index (Phi) is 4.73. The van der Waals surface area contributed by atoms with Gasteiger partial charge in [-0.05, 0) is 24.1 Å². The lowest BCUT2D eigenvalue weighted by atomic mass is 10.2. The molecule has 0 aliphatic rings. The van der Waals surface area contributed by atoms with Crippen molar-refractivity contribution in [3.8, 4) is 0 Å². The van der Waals surface area contributed by atoms with Crippen LogP contribution in [0.25, 0.3) is 0 Å². The normalized spacial score (nSPS) is 11.8. The number of hydrogen-bond acceptors (Lipinski definition) is 4. The van der Waals surface area contributed by atoms with E-state index in [9.17, 15) is 8.42 Å². The third-order valence-corrected chi connectivity index (χ3v) is 5.74. The topological polar surface area (TPSA) is 59.1 Å². The van der Waals surface area contributed by atoms with E-state index >= 15 is 0 Å². The Morgan fingerprint density at radius 1 is 1.40 bits per heavy atom. The minimum atomic E-state index is -3.73. The van der Waals surface area contributed by atoms with Crippen LogP contribution in [0.15, 0.2) is 32.9 Å². The van der Waals surface area contributed by atoms with Gasteiger partial charge in [-0.3, -0.25) is 4.72 Å². The van der Waals surface area contributed by atoms with Crippen molar-refractivity contribution in [2.75, 3.05) is 4.72 Å². The number of rotatable bonds is 4. The average Bonchev–Trinajstić information content (AvgIpc) is 2.76. The SMILES string of the molecule is CC(C)c1csc(NS(=O)(=O)c2ccc(Br)cc2Cl)n1. The molecule has 0 radical (unpaired) electrons. The van der Waals surface area contributed by atoms with Gasteiger partial charge in [0, 0.05) is 9.85 Å². The first-order valence-electron chi connectivity index (χ1n) is 5.73. The van der Waals surface area contributed by atoms with Crippen LogP contribution in [0.4, 0.5) is 5.13 Å². The maximum Gasteiger partial charge on any atom is 0.265 e. The molecule has 0 unspecified atom stereocenters. The fourth-order valence-electron chi connectivity index (χ4n) is 1.46. The zero-order chi connectivity index (χ0) is 14.9. The summed E-state index contributed by atoms with van der Waals surface area (Å²) in [5.41, 5.74) is 0.856. The van der Waals surface area contributed by atoms with Gasteiger partial charge in [-0.15, -0.1) is 11.3 Å². The summed E-state index contributed by atoms with van der Waals surface area (Å²) in [6, 6.07) is 4.62. The summed E-state index contributed by atoms with van der Waals surface area (Å²) in [5.74, 6) is 0.251. The van der Waals surface area contributed by atoms with Crippen LogP contribution in [0.5, 0.6) is 0 Å². The van der Waals surface area contributed by atoms with Gasteiger partial charge in [-0.2, -0.15) is 0 Å². The van der Waals surface area contributed by atoms with Gasteiger partial charge in [0.25, 0.3) is 10.0 Å². The van der Waals surface area contributed by atoms with E-state index in [1.807, 2.05) is 19.2 Å². The highest BCUT2D eigenvalue weighted by atomic mass is 79.9. The second-order valence-electron chi connectivity index (χ2n) is 4.41. The molecule has 0 saturated heterocycles. The lowest BCUT2D eigenvalue weighted by molar-refractivity contribution is 0.601. The Bertz CT molecular complexity index is 729. The Labute approximate surface area is 135 Å². The van der Waals surface area contributed by atoms with E-state index in [1.54, 1.807) is 6.07 Å². The van der Waals surface area contributed by atoms with Gasteiger partial charge in [0.1, 0.15) is 4.90 Å². The lowest BCUT2D eigenvalue weighted by Gasteiger charge is -2.07. The van der Waals surface area contributed by atoms with Crippen molar-refractivity contribution < 1.29 is 8.42 Å². The monoisotopic (exact) mass is 394 g/mol. The zero-order valence-corrected chi connectivity index (χ0v) is 14.7. The molecular weight excluding hydrogens is 384 g/mol. The molecule has 0 spiro atoms. The van der Waals surface area contributed by atoms with Crippen molar-refractivity contribution in [3.05, 3.63) is 38.8 Å². The maximum atomic E-state index is 12.3. The number of hydrogen-bond donors (Lipinski definition) is 1. The minimum absolute atomic E-state index is 0.0312. The first-order chi connectivity index (χ1) is 9.29. The Balaban J connectivity index is 2.30. The summed E-state index contributed by atoms with van der Waals surface area (Å²) in [6.45, 7) is 4.00. The number of nitrogens with one attached hydrogen (secondary N) is 1. The molecule has 0 atom stereocenters. The lowest BCUT2D eigenvalue weighted by Crippen LogP contribution is -2.13. The predicted octanol–water partition coefficient (Wildman–Crippen LogP) is 4.48. The molecule has 1 N–H and O–H groups in total. The van der Waals surface area contributed by atoms with E-state index in [0.717, 1.165) is 10.2 Å². The van der Waals surface area contributed by atoms with Crippen molar-refractivity contribution in [2.45, 2.75) is 24.7 Å². The van der Waals surface area contributed by atoms with Gasteiger partial charge >= 0.3 is 0 Å². The van der Waals surface area contributed by atoms with E-state index in [-0.39, 0.29) is 15.8 Å². The molecule has 0 aliphatic carbocycles. The van der Waals surface area contributed by atoms with Crippen LogP contribution in [-0.2, 0) is 10.0 Å². The van der Waals surface area contributed by atoms with Crippen LogP contribution in [0.1, 0.15) is 25.5 Å². The summed E-state index contributed by atoms with van der Waals surface area (Å²) >= 11 is 10.5. The summed E-state index contributed by atoms with van der Waals surface area (Å²) < 4.78 is 27.7. The Morgan fingerprint density at radius 2 is 2.10 bits per heavy atom. The van der Waals surface area contributed by atoms with E-state index in [2.05, 4.69) is 25.6 Å². The third-order valence-electron chi connectivity index (χ3n) is 2.52. The predicted molar refractivity (Wildman–Crippen MR) is 86.2 cm³/mol. The van der Waals surface area contributed by atoms with Crippen molar-refractivity contribution in [2.24, 2.45) is 0 Å². The molecular formula is C12H12BrClN2O2S2. The van der Waals surface area contributed by atoms with Crippen LogP contribution in [0.2, 0.25) is 5.02 Å². The summed E-state index contributed by atoms with van der Waals surface area (Å²) in [6.07, 6.45) is 0. The van der Waals surface area contributed by atoms with E-state index in [4.69, 9.17) is 11.6 Å². The number of thiazole rings is 1. The second-order valence-corrected chi connectivity index (χ2v) is 8.24. The fraction of sp³-hybridized carbons (Fsp3) is 0.250. The largest absolute Gasteiger partial charge is 0.265 e. The molecule has 0 saturated carbocycles. The van der Waals surface area contributed by atoms with Crippen molar-refractivity contribution >= 4 is 54.0 Å². The molecule has 108 valence electrons. The Morgan fingerprint density at radius 3 is 2.65 bits per heavy atom. The number of anilines is 1. The average molecular weight is 396 g/mol. The minimum Gasteiger partial charge on any atom is -0.255 e. The highest BCUT2D eigenvalue weighted by molar-refractivity contribution is 9.10. The molecule has 20 heavy (non-hydrogen) atoms. The van der Waals surface area contributed by atoms with Crippen molar-refractivity contribution in [1.29, 1.82) is 0 Å². The number of halogens is 2. The quantitative estimate of drug-likeness (QED) is 0.830. The zero-order valence-electron chi connectivity index (χ0n) is 10.7. The standard InChI is InChI=1S/C12H12BrClN2O2S2/c1-7(2)10-6-19-12(15-10)16-20(17,18)11-4-3-8(13)5-9(11)14/h3-7H,1-2H3,(H,15,16). The van der Waals surface area contributed by atoms with Gasteiger partial charge < -0.3 is 0 Å². The molecule has 1 heterocycles. The Hall–Kier alpha value is -0.630. The third kappa shape index (κ3) is 3.52. The number of benzene rings is 1. The molecule has 4 nitrogen and oxygen atoms in total. The van der Waals surface area contributed by atoms with Crippen molar-refractivity contribution in [1.82, 2.24) is 4.98 Å². The first kappa shape index (κ1) is 15.8. The van der Waals surface area contributed by atoms with E-state index in [1.165, 1.54) is 23.5 Å². The molecule has 2 rings (SSSR count). The molecule has 1 aromatic heterocycles. The van der Waals surface area contributed by atoms with Gasteiger partial charge in [0.2, 0.25) is 0 Å². The summed E-state index contributed by atoms with van der Waals surface area (Å²) in [5, 5.41) is 2.34. The van der Waals surface area contributed by atoms with Crippen LogP contribution in [0.3, 0.4) is 0 Å². The molecule has 8 heteroatoms. The molecule has 0 amide bonds. The van der Waals surface area contributed by atoms with Crippen molar-refractivity contribution in [3.63, 3.8) is 0 Å². The first-order valence-corrected chi connectivity index (χ1v) is 9.26. The molecule has 1 aromatic carbocycles. The smallest absolute Gasteiger partial charge is 0.255 e. The fourth-order valence-corrected chi connectivity index (χ4v) is 4.62. The second kappa shape index (κ2) is 6.01. The summed E-state index contributed by atoms with van der Waals surface area (Å²) in [4.78, 5) is 4.27. The summed E-state index contributed by atoms with van der Waals surface area (Å²) in [7, 11) is -3.73. The highest BCUT2D eigenvalue weighted by Gasteiger charge is 2.20. The molecule has 0 bridgehead atoms. The van der Waals surface area contributed by atoms with Gasteiger partial charge in [-0.25, -0.2) is 13.4 Å². The highest BCUT2D eigenvalue weighted by Crippen LogP contribution is 2.28. The van der Waals surface area contributed by atoms with Crippen LogP contribution in [0, 0.1) is 0 Å². The van der Waals surface area contributed by atoms with Crippen LogP contribution < -0.4 is 4.72 Å². The van der Waals surface area contributed by atoms with Gasteiger partial charge in [0.05, 0.1) is 10.7 Å². The van der Waals surface area contributed by atoms with Gasteiger partial charge in [-0.1, -0.05) is 41.4 Å². The van der Waals surface area contributed by atoms with E-state index < -0.39 is 10.0 Å². The molecule has 0 aliphatic heterocycles. The molecule has 2 aromatic rings. The maximum absolute atomic E-state index is 12.3. The van der Waals surface area contributed by atoms with Crippen LogP contribution >= 0.6 is 38.9 Å². The number of sulfonamides is 1. The van der Waals surface area contributed by atoms with Crippen LogP contribution in [-0.4, -0.2) is 13.4 Å². The molecule has 0 fully saturated rings. The number of aromatic nitrogens is 1. The number of nitrogens with zero attached hydrogens (tertiary/aromatic N) is 1. The van der Waals surface area contributed by atoms with Gasteiger partial charge in [0.15, 0.2) is 5.13 Å².